The van der Waals surface area contributed by atoms with Gasteiger partial charge in [-0.25, -0.2) is 0 Å². The van der Waals surface area contributed by atoms with Gasteiger partial charge in [0.15, 0.2) is 0 Å². The molecule has 3 aliphatic carbocycles. The Kier molecular flexibility index (Phi) is 4.46. The van der Waals surface area contributed by atoms with E-state index in [2.05, 4.69) is 27.7 Å². The van der Waals surface area contributed by atoms with Crippen molar-refractivity contribution in [2.45, 2.75) is 98.3 Å². The second kappa shape index (κ2) is 5.89. The minimum absolute atomic E-state index is 0.655. The van der Waals surface area contributed by atoms with Gasteiger partial charge in [-0.1, -0.05) is 53.4 Å². The summed E-state index contributed by atoms with van der Waals surface area (Å²) < 4.78 is 0. The van der Waals surface area contributed by atoms with Crippen LogP contribution in [0, 0.1) is 34.5 Å². The van der Waals surface area contributed by atoms with Crippen molar-refractivity contribution < 1.29 is 0 Å². The Morgan fingerprint density at radius 3 is 2.38 bits per heavy atom. The first-order chi connectivity index (χ1) is 10.0. The maximum absolute atomic E-state index is 2.69. The van der Waals surface area contributed by atoms with Crippen LogP contribution in [0.25, 0.3) is 0 Å². The quantitative estimate of drug-likeness (QED) is 0.534. The first kappa shape index (κ1) is 15.9. The number of hydrogen-bond acceptors (Lipinski definition) is 0. The van der Waals surface area contributed by atoms with Crippen molar-refractivity contribution in [2.75, 3.05) is 0 Å². The zero-order valence-corrected chi connectivity index (χ0v) is 15.1. The molecule has 0 saturated heterocycles. The smallest absolute Gasteiger partial charge is 0.0267 e. The maximum atomic E-state index is 2.69. The van der Waals surface area contributed by atoms with E-state index in [1.54, 1.807) is 38.5 Å². The largest absolute Gasteiger partial charge is 0.0651 e. The SMILES string of the molecule is CCC(CC)[C@@]1(C)CC[C@H]2[C@@H](CCC3CCCC[C@@]32C)C1. The fourth-order valence-corrected chi connectivity index (χ4v) is 7.19. The molecule has 0 radical (unpaired) electrons. The minimum Gasteiger partial charge on any atom is -0.0651 e. The average molecular weight is 291 g/mol. The molecule has 0 bridgehead atoms. The van der Waals surface area contributed by atoms with E-state index in [0.29, 0.717) is 5.41 Å². The van der Waals surface area contributed by atoms with Crippen molar-refractivity contribution in [2.24, 2.45) is 34.5 Å². The summed E-state index contributed by atoms with van der Waals surface area (Å²) in [7, 11) is 0. The lowest BCUT2D eigenvalue weighted by molar-refractivity contribution is -0.0897. The zero-order valence-electron chi connectivity index (χ0n) is 15.1. The fraction of sp³-hybridized carbons (Fsp3) is 1.00. The summed E-state index contributed by atoms with van der Waals surface area (Å²) in [5, 5.41) is 0. The van der Waals surface area contributed by atoms with Gasteiger partial charge in [-0.2, -0.15) is 0 Å². The molecule has 0 heterocycles. The first-order valence-electron chi connectivity index (χ1n) is 10.0. The van der Waals surface area contributed by atoms with E-state index in [4.69, 9.17) is 0 Å². The third kappa shape index (κ3) is 2.59. The Balaban J connectivity index is 1.76. The predicted molar refractivity (Wildman–Crippen MR) is 92.3 cm³/mol. The van der Waals surface area contributed by atoms with Crippen molar-refractivity contribution in [3.05, 3.63) is 0 Å². The lowest BCUT2D eigenvalue weighted by Gasteiger charge is -2.59. The molecule has 0 heteroatoms. The molecule has 3 aliphatic rings. The van der Waals surface area contributed by atoms with Gasteiger partial charge in [0.25, 0.3) is 0 Å². The Bertz CT molecular complexity index is 355. The Hall–Kier alpha value is 0. The van der Waals surface area contributed by atoms with Crippen LogP contribution in [0.5, 0.6) is 0 Å². The molecule has 0 nitrogen and oxygen atoms in total. The summed E-state index contributed by atoms with van der Waals surface area (Å²) in [6.45, 7) is 10.2. The van der Waals surface area contributed by atoms with E-state index >= 15 is 0 Å². The van der Waals surface area contributed by atoms with Gasteiger partial charge in [0.05, 0.1) is 0 Å². The molecule has 0 aromatic heterocycles. The molecule has 1 unspecified atom stereocenters. The summed E-state index contributed by atoms with van der Waals surface area (Å²) in [5.74, 6) is 4.17. The third-order valence-electron chi connectivity index (χ3n) is 8.48. The van der Waals surface area contributed by atoms with Gasteiger partial charge in [-0.15, -0.1) is 0 Å². The van der Waals surface area contributed by atoms with Crippen molar-refractivity contribution in [3.63, 3.8) is 0 Å². The molecule has 122 valence electrons. The van der Waals surface area contributed by atoms with Crippen LogP contribution in [0.4, 0.5) is 0 Å². The molecule has 5 atom stereocenters. The van der Waals surface area contributed by atoms with E-state index in [9.17, 15) is 0 Å². The van der Waals surface area contributed by atoms with Gasteiger partial charge in [0.2, 0.25) is 0 Å². The molecule has 3 fully saturated rings. The number of rotatable bonds is 3. The van der Waals surface area contributed by atoms with Crippen LogP contribution in [0.3, 0.4) is 0 Å². The average Bonchev–Trinajstić information content (AvgIpc) is 2.47. The monoisotopic (exact) mass is 290 g/mol. The highest BCUT2D eigenvalue weighted by atomic mass is 14.6. The van der Waals surface area contributed by atoms with Crippen molar-refractivity contribution in [1.29, 1.82) is 0 Å². The normalized spacial score (nSPS) is 47.0. The highest BCUT2D eigenvalue weighted by Crippen LogP contribution is 2.62. The summed E-state index contributed by atoms with van der Waals surface area (Å²) in [6.07, 6.45) is 16.6. The summed E-state index contributed by atoms with van der Waals surface area (Å²) in [5.41, 5.74) is 1.37. The predicted octanol–water partition coefficient (Wildman–Crippen LogP) is 6.84. The lowest BCUT2D eigenvalue weighted by atomic mass is 9.46. The van der Waals surface area contributed by atoms with E-state index in [0.717, 1.165) is 29.1 Å². The summed E-state index contributed by atoms with van der Waals surface area (Å²) in [6, 6.07) is 0. The Morgan fingerprint density at radius 2 is 1.67 bits per heavy atom. The lowest BCUT2D eigenvalue weighted by Crippen LogP contribution is -2.50. The topological polar surface area (TPSA) is 0 Å². The fourth-order valence-electron chi connectivity index (χ4n) is 7.19. The van der Waals surface area contributed by atoms with Crippen LogP contribution < -0.4 is 0 Å². The van der Waals surface area contributed by atoms with Gasteiger partial charge in [0, 0.05) is 0 Å². The van der Waals surface area contributed by atoms with Gasteiger partial charge >= 0.3 is 0 Å². The molecule has 0 spiro atoms. The van der Waals surface area contributed by atoms with Crippen molar-refractivity contribution in [1.82, 2.24) is 0 Å². The first-order valence-corrected chi connectivity index (χ1v) is 10.0. The molecular weight excluding hydrogens is 252 g/mol. The molecule has 0 aliphatic heterocycles. The van der Waals surface area contributed by atoms with Crippen molar-refractivity contribution >= 4 is 0 Å². The van der Waals surface area contributed by atoms with Crippen LogP contribution in [0.1, 0.15) is 98.3 Å². The van der Waals surface area contributed by atoms with E-state index in [1.165, 1.54) is 32.1 Å². The summed E-state index contributed by atoms with van der Waals surface area (Å²) in [4.78, 5) is 0. The highest BCUT2D eigenvalue weighted by molar-refractivity contribution is 5.02. The van der Waals surface area contributed by atoms with E-state index < -0.39 is 0 Å². The molecule has 0 aromatic rings. The molecule has 0 amide bonds. The minimum atomic E-state index is 0.655. The Morgan fingerprint density at radius 1 is 0.905 bits per heavy atom. The highest BCUT2D eigenvalue weighted by Gasteiger charge is 2.52. The van der Waals surface area contributed by atoms with E-state index in [-0.39, 0.29) is 0 Å². The molecule has 3 rings (SSSR count). The van der Waals surface area contributed by atoms with Crippen LogP contribution in [-0.4, -0.2) is 0 Å². The number of fused-ring (bicyclic) bond motifs is 3. The van der Waals surface area contributed by atoms with E-state index in [1.807, 2.05) is 0 Å². The number of hydrogen-bond donors (Lipinski definition) is 0. The molecule has 0 N–H and O–H groups in total. The van der Waals surface area contributed by atoms with Crippen LogP contribution in [0.15, 0.2) is 0 Å². The second-order valence-corrected chi connectivity index (χ2v) is 9.30. The summed E-state index contributed by atoms with van der Waals surface area (Å²) >= 11 is 0. The molecule has 0 aromatic carbocycles. The van der Waals surface area contributed by atoms with Gasteiger partial charge in [0.1, 0.15) is 0 Å². The van der Waals surface area contributed by atoms with Gasteiger partial charge in [-0.3, -0.25) is 0 Å². The second-order valence-electron chi connectivity index (χ2n) is 9.30. The van der Waals surface area contributed by atoms with Crippen molar-refractivity contribution in [3.8, 4) is 0 Å². The molecule has 3 saturated carbocycles. The molecular formula is C21H38. The van der Waals surface area contributed by atoms with Gasteiger partial charge in [-0.05, 0) is 79.4 Å². The van der Waals surface area contributed by atoms with Gasteiger partial charge < -0.3 is 0 Å². The Labute approximate surface area is 133 Å². The van der Waals surface area contributed by atoms with Crippen LogP contribution in [0.2, 0.25) is 0 Å². The molecule has 21 heavy (non-hydrogen) atoms. The van der Waals surface area contributed by atoms with Crippen LogP contribution >= 0.6 is 0 Å². The zero-order chi connectivity index (χ0) is 15.1. The third-order valence-corrected chi connectivity index (χ3v) is 8.48. The van der Waals surface area contributed by atoms with Crippen LogP contribution in [-0.2, 0) is 0 Å². The maximum Gasteiger partial charge on any atom is -0.0267 e. The standard InChI is InChI=1S/C21H38/c1-5-17(6-2)20(3)14-12-19-16(15-20)10-11-18-9-7-8-13-21(18,19)4/h16-19H,5-15H2,1-4H3/t16-,18?,19-,20-,21-/m0/s1.